The molecular weight excluding hydrogens is 415 g/mol. The zero-order chi connectivity index (χ0) is 20.1. The third-order valence-corrected chi connectivity index (χ3v) is 5.60. The second kappa shape index (κ2) is 6.82. The number of hydrogen-bond donors (Lipinski definition) is 1. The number of benzene rings is 1. The SMILES string of the molecule is O=C1CCSc2c(c3ccc(C(F)(F)F)nc3n(-c3ccccc3Cl)c2=O)N1. The van der Waals surface area contributed by atoms with E-state index >= 15 is 0 Å². The van der Waals surface area contributed by atoms with Crippen molar-refractivity contribution in [3.8, 4) is 5.69 Å². The highest BCUT2D eigenvalue weighted by molar-refractivity contribution is 7.99. The number of para-hydroxylation sites is 1. The minimum atomic E-state index is -4.69. The number of hydrogen-bond acceptors (Lipinski definition) is 4. The Hall–Kier alpha value is -2.52. The summed E-state index contributed by atoms with van der Waals surface area (Å²) < 4.78 is 40.8. The van der Waals surface area contributed by atoms with Gasteiger partial charge in [0, 0.05) is 17.6 Å². The van der Waals surface area contributed by atoms with Crippen LogP contribution in [0.1, 0.15) is 12.1 Å². The van der Waals surface area contributed by atoms with E-state index in [9.17, 15) is 22.8 Å². The third kappa shape index (κ3) is 3.14. The number of carbonyl (C=O) groups is 1. The van der Waals surface area contributed by atoms with Gasteiger partial charge in [0.15, 0.2) is 0 Å². The molecule has 1 aromatic carbocycles. The van der Waals surface area contributed by atoms with Crippen LogP contribution in [-0.4, -0.2) is 21.2 Å². The monoisotopic (exact) mass is 425 g/mol. The molecule has 1 N–H and O–H groups in total. The Morgan fingerprint density at radius 2 is 1.89 bits per heavy atom. The van der Waals surface area contributed by atoms with Crippen molar-refractivity contribution in [3.05, 3.63) is 57.5 Å². The number of pyridine rings is 2. The number of amides is 1. The molecule has 0 atom stereocenters. The molecule has 1 amide bonds. The molecule has 0 unspecified atom stereocenters. The molecule has 0 radical (unpaired) electrons. The van der Waals surface area contributed by atoms with Crippen molar-refractivity contribution >= 4 is 46.0 Å². The van der Waals surface area contributed by atoms with Crippen LogP contribution in [0.3, 0.4) is 0 Å². The van der Waals surface area contributed by atoms with E-state index in [1.54, 1.807) is 12.1 Å². The van der Waals surface area contributed by atoms with E-state index in [-0.39, 0.29) is 44.7 Å². The Morgan fingerprint density at radius 3 is 2.61 bits per heavy atom. The van der Waals surface area contributed by atoms with Crippen LogP contribution in [0.15, 0.2) is 46.1 Å². The Morgan fingerprint density at radius 1 is 1.14 bits per heavy atom. The summed E-state index contributed by atoms with van der Waals surface area (Å²) in [5.41, 5.74) is -1.57. The lowest BCUT2D eigenvalue weighted by atomic mass is 10.2. The number of alkyl halides is 3. The van der Waals surface area contributed by atoms with Crippen LogP contribution in [-0.2, 0) is 11.0 Å². The van der Waals surface area contributed by atoms with Crippen LogP contribution in [0, 0.1) is 0 Å². The lowest BCUT2D eigenvalue weighted by Gasteiger charge is -2.17. The van der Waals surface area contributed by atoms with Gasteiger partial charge in [0.2, 0.25) is 5.91 Å². The van der Waals surface area contributed by atoms with Crippen molar-refractivity contribution < 1.29 is 18.0 Å². The van der Waals surface area contributed by atoms with Crippen LogP contribution in [0.4, 0.5) is 18.9 Å². The lowest BCUT2D eigenvalue weighted by molar-refractivity contribution is -0.141. The van der Waals surface area contributed by atoms with Gasteiger partial charge in [-0.05, 0) is 24.3 Å². The molecule has 144 valence electrons. The fourth-order valence-electron chi connectivity index (χ4n) is 2.96. The summed E-state index contributed by atoms with van der Waals surface area (Å²) in [5.74, 6) is 0.0539. The van der Waals surface area contributed by atoms with E-state index in [0.717, 1.165) is 10.6 Å². The van der Waals surface area contributed by atoms with Gasteiger partial charge in [0.1, 0.15) is 11.3 Å². The molecule has 10 heteroatoms. The molecule has 0 bridgehead atoms. The van der Waals surface area contributed by atoms with Gasteiger partial charge in [0.05, 0.1) is 21.3 Å². The van der Waals surface area contributed by atoms with Gasteiger partial charge in [-0.25, -0.2) is 4.98 Å². The predicted octanol–water partition coefficient (Wildman–Crippen LogP) is 4.49. The second-order valence-electron chi connectivity index (χ2n) is 6.01. The average molecular weight is 426 g/mol. The molecule has 0 saturated carbocycles. The van der Waals surface area contributed by atoms with Crippen molar-refractivity contribution in [2.75, 3.05) is 11.1 Å². The molecule has 3 aromatic rings. The highest BCUT2D eigenvalue weighted by Crippen LogP contribution is 2.37. The zero-order valence-corrected chi connectivity index (χ0v) is 15.6. The number of anilines is 1. The predicted molar refractivity (Wildman–Crippen MR) is 101 cm³/mol. The largest absolute Gasteiger partial charge is 0.433 e. The fourth-order valence-corrected chi connectivity index (χ4v) is 4.19. The molecule has 0 spiro atoms. The second-order valence-corrected chi connectivity index (χ2v) is 7.52. The summed E-state index contributed by atoms with van der Waals surface area (Å²) in [4.78, 5) is 29.1. The Bertz CT molecular complexity index is 1180. The summed E-state index contributed by atoms with van der Waals surface area (Å²) in [7, 11) is 0. The van der Waals surface area contributed by atoms with Gasteiger partial charge in [-0.15, -0.1) is 11.8 Å². The van der Waals surface area contributed by atoms with Gasteiger partial charge >= 0.3 is 6.18 Å². The number of thioether (sulfide) groups is 1. The van der Waals surface area contributed by atoms with E-state index in [0.29, 0.717) is 5.75 Å². The number of rotatable bonds is 1. The normalized spacial score (nSPS) is 14.5. The number of nitrogens with zero attached hydrogens (tertiary/aromatic N) is 2. The van der Waals surface area contributed by atoms with E-state index in [4.69, 9.17) is 11.6 Å². The van der Waals surface area contributed by atoms with E-state index < -0.39 is 17.4 Å². The van der Waals surface area contributed by atoms with Crippen LogP contribution in [0.25, 0.3) is 16.7 Å². The lowest BCUT2D eigenvalue weighted by Crippen LogP contribution is -2.24. The fraction of sp³-hybridized carbons (Fsp3) is 0.167. The van der Waals surface area contributed by atoms with Crippen LogP contribution in [0.2, 0.25) is 5.02 Å². The molecule has 28 heavy (non-hydrogen) atoms. The van der Waals surface area contributed by atoms with E-state index in [2.05, 4.69) is 10.3 Å². The first kappa shape index (κ1) is 18.8. The maximum atomic E-state index is 13.2. The first-order chi connectivity index (χ1) is 13.3. The average Bonchev–Trinajstić information content (AvgIpc) is 2.84. The zero-order valence-electron chi connectivity index (χ0n) is 14.0. The highest BCUT2D eigenvalue weighted by atomic mass is 35.5. The van der Waals surface area contributed by atoms with E-state index in [1.807, 2.05) is 0 Å². The highest BCUT2D eigenvalue weighted by Gasteiger charge is 2.34. The number of carbonyl (C=O) groups excluding carboxylic acids is 1. The molecule has 1 aliphatic heterocycles. The van der Waals surface area contributed by atoms with Crippen molar-refractivity contribution in [1.29, 1.82) is 0 Å². The van der Waals surface area contributed by atoms with Crippen LogP contribution >= 0.6 is 23.4 Å². The Kier molecular flexibility index (Phi) is 4.59. The summed E-state index contributed by atoms with van der Waals surface area (Å²) in [6.07, 6.45) is -4.51. The van der Waals surface area contributed by atoms with Gasteiger partial charge < -0.3 is 5.32 Å². The van der Waals surface area contributed by atoms with Crippen molar-refractivity contribution in [2.24, 2.45) is 0 Å². The standard InChI is InChI=1S/C18H11ClF3N3O2S/c19-10-3-1-2-4-11(10)25-16-9(5-6-12(23-16)18(20,21)22)14-15(17(25)27)28-8-7-13(26)24-14/h1-6H,7-8H2,(H,24,26). The summed E-state index contributed by atoms with van der Waals surface area (Å²) in [5, 5.41) is 3.05. The molecular formula is C18H11ClF3N3O2S. The number of aromatic nitrogens is 2. The number of nitrogens with one attached hydrogen (secondary N) is 1. The maximum Gasteiger partial charge on any atom is 0.433 e. The summed E-state index contributed by atoms with van der Waals surface area (Å²) >= 11 is 7.38. The van der Waals surface area contributed by atoms with Crippen LogP contribution < -0.4 is 10.9 Å². The van der Waals surface area contributed by atoms with Crippen molar-refractivity contribution in [2.45, 2.75) is 17.5 Å². The van der Waals surface area contributed by atoms with Crippen molar-refractivity contribution in [3.63, 3.8) is 0 Å². The minimum absolute atomic E-state index is 0.178. The van der Waals surface area contributed by atoms with Gasteiger partial charge in [-0.1, -0.05) is 23.7 Å². The topological polar surface area (TPSA) is 64.0 Å². The first-order valence-corrected chi connectivity index (χ1v) is 9.48. The molecule has 3 heterocycles. The van der Waals surface area contributed by atoms with Gasteiger partial charge in [0.25, 0.3) is 5.56 Å². The minimum Gasteiger partial charge on any atom is -0.324 e. The van der Waals surface area contributed by atoms with E-state index in [1.165, 1.54) is 30.0 Å². The molecule has 0 saturated heterocycles. The number of halogens is 4. The molecule has 0 aliphatic carbocycles. The smallest absolute Gasteiger partial charge is 0.324 e. The molecule has 4 rings (SSSR count). The van der Waals surface area contributed by atoms with Gasteiger partial charge in [-0.2, -0.15) is 13.2 Å². The first-order valence-electron chi connectivity index (χ1n) is 8.12. The van der Waals surface area contributed by atoms with Gasteiger partial charge in [-0.3, -0.25) is 14.2 Å². The number of fused-ring (bicyclic) bond motifs is 3. The quantitative estimate of drug-likeness (QED) is 0.624. The van der Waals surface area contributed by atoms with Crippen molar-refractivity contribution in [1.82, 2.24) is 9.55 Å². The Labute approximate surface area is 165 Å². The molecule has 1 aliphatic rings. The van der Waals surface area contributed by atoms with Crippen LogP contribution in [0.5, 0.6) is 0 Å². The molecule has 5 nitrogen and oxygen atoms in total. The Balaban J connectivity index is 2.16. The molecule has 0 fully saturated rings. The summed E-state index contributed by atoms with van der Waals surface area (Å²) in [6.45, 7) is 0. The third-order valence-electron chi connectivity index (χ3n) is 4.20. The maximum absolute atomic E-state index is 13.2. The summed E-state index contributed by atoms with van der Waals surface area (Å²) in [6, 6.07) is 8.36. The molecule has 2 aromatic heterocycles.